The van der Waals surface area contributed by atoms with Crippen LogP contribution in [-0.4, -0.2) is 11.4 Å². The molecule has 0 saturated carbocycles. The van der Waals surface area contributed by atoms with Gasteiger partial charge in [0, 0.05) is 4.48 Å². The van der Waals surface area contributed by atoms with Crippen LogP contribution in [0.1, 0.15) is 12.8 Å². The molecule has 0 saturated heterocycles. The van der Waals surface area contributed by atoms with Gasteiger partial charge in [0.25, 0.3) is 0 Å². The third-order valence-corrected chi connectivity index (χ3v) is 2.89. The Morgan fingerprint density at radius 2 is 2.36 bits per heavy atom. The number of hydrogen-bond donors (Lipinski definition) is 1. The second-order valence-electron chi connectivity index (χ2n) is 3.04. The SMILES string of the molecule is O=CNc1ccc2c(n1)=C(Br)CCC=2. The Hall–Kier alpha value is -1.16. The molecule has 1 aliphatic carbocycles. The van der Waals surface area contributed by atoms with Gasteiger partial charge in [-0.05, 0) is 30.2 Å². The highest BCUT2D eigenvalue weighted by molar-refractivity contribution is 9.14. The van der Waals surface area contributed by atoms with E-state index < -0.39 is 0 Å². The van der Waals surface area contributed by atoms with Gasteiger partial charge in [-0.15, -0.1) is 0 Å². The zero-order valence-electron chi connectivity index (χ0n) is 7.46. The van der Waals surface area contributed by atoms with E-state index in [1.165, 1.54) is 0 Å². The number of hydrogen-bond acceptors (Lipinski definition) is 2. The number of nitrogens with one attached hydrogen (secondary N) is 1. The number of nitrogens with zero attached hydrogens (tertiary/aromatic N) is 1. The molecule has 0 aromatic carbocycles. The van der Waals surface area contributed by atoms with Gasteiger partial charge >= 0.3 is 0 Å². The summed E-state index contributed by atoms with van der Waals surface area (Å²) in [6, 6.07) is 3.77. The summed E-state index contributed by atoms with van der Waals surface area (Å²) in [5.41, 5.74) is 0. The maximum atomic E-state index is 10.2. The summed E-state index contributed by atoms with van der Waals surface area (Å²) >= 11 is 3.49. The van der Waals surface area contributed by atoms with Crippen molar-refractivity contribution >= 4 is 38.7 Å². The van der Waals surface area contributed by atoms with Crippen LogP contribution in [0, 0.1) is 0 Å². The number of anilines is 1. The van der Waals surface area contributed by atoms with Crippen LogP contribution in [-0.2, 0) is 4.79 Å². The van der Waals surface area contributed by atoms with Crippen LogP contribution < -0.4 is 15.9 Å². The summed E-state index contributed by atoms with van der Waals surface area (Å²) in [6.45, 7) is 0. The minimum absolute atomic E-state index is 0.589. The van der Waals surface area contributed by atoms with E-state index in [9.17, 15) is 4.79 Å². The first kappa shape index (κ1) is 9.40. The fourth-order valence-corrected chi connectivity index (χ4v) is 2.01. The van der Waals surface area contributed by atoms with Crippen molar-refractivity contribution in [3.05, 3.63) is 22.7 Å². The number of carbonyl (C=O) groups excluding carboxylic acids is 1. The fraction of sp³-hybridized carbons (Fsp3) is 0.200. The molecule has 72 valence electrons. The molecular formula is C10H9BrN2O. The van der Waals surface area contributed by atoms with Crippen LogP contribution >= 0.6 is 15.9 Å². The largest absolute Gasteiger partial charge is 0.313 e. The molecule has 0 bridgehead atoms. The first-order valence-corrected chi connectivity index (χ1v) is 5.16. The van der Waals surface area contributed by atoms with Crippen molar-refractivity contribution in [1.82, 2.24) is 4.98 Å². The first-order valence-electron chi connectivity index (χ1n) is 4.37. The van der Waals surface area contributed by atoms with Crippen molar-refractivity contribution in [3.8, 4) is 0 Å². The molecule has 1 aliphatic rings. The molecule has 1 aromatic rings. The highest BCUT2D eigenvalue weighted by atomic mass is 79.9. The second-order valence-corrected chi connectivity index (χ2v) is 4.00. The van der Waals surface area contributed by atoms with Gasteiger partial charge in [0.15, 0.2) is 0 Å². The van der Waals surface area contributed by atoms with E-state index in [-0.39, 0.29) is 0 Å². The summed E-state index contributed by atoms with van der Waals surface area (Å²) in [4.78, 5) is 14.6. The summed E-state index contributed by atoms with van der Waals surface area (Å²) < 4.78 is 1.10. The minimum Gasteiger partial charge on any atom is -0.313 e. The number of carbonyl (C=O) groups is 1. The van der Waals surface area contributed by atoms with Crippen molar-refractivity contribution in [2.24, 2.45) is 0 Å². The topological polar surface area (TPSA) is 42.0 Å². The average Bonchev–Trinajstić information content (AvgIpc) is 2.20. The lowest BCUT2D eigenvalue weighted by Gasteiger charge is -2.05. The van der Waals surface area contributed by atoms with Crippen LogP contribution in [0.25, 0.3) is 10.6 Å². The van der Waals surface area contributed by atoms with Gasteiger partial charge < -0.3 is 5.32 Å². The number of rotatable bonds is 2. The first-order chi connectivity index (χ1) is 6.81. The molecule has 14 heavy (non-hydrogen) atoms. The lowest BCUT2D eigenvalue weighted by Crippen LogP contribution is -2.32. The van der Waals surface area contributed by atoms with E-state index in [0.29, 0.717) is 12.2 Å². The molecule has 2 rings (SSSR count). The molecule has 0 fully saturated rings. The lowest BCUT2D eigenvalue weighted by atomic mass is 10.1. The Bertz CT molecular complexity index is 481. The van der Waals surface area contributed by atoms with E-state index in [1.54, 1.807) is 6.07 Å². The van der Waals surface area contributed by atoms with Gasteiger partial charge in [0.05, 0.1) is 5.35 Å². The summed E-state index contributed by atoms with van der Waals surface area (Å²) in [5.74, 6) is 0.589. The molecule has 1 N–H and O–H groups in total. The van der Waals surface area contributed by atoms with Crippen LogP contribution in [0.2, 0.25) is 0 Å². The molecule has 1 amide bonds. The standard InChI is InChI=1S/C10H9BrN2O/c11-8-3-1-2-7-4-5-9(12-6-14)13-10(7)8/h2,4-6H,1,3H2,(H,12,13,14). The normalized spacial score (nSPS) is 14.2. The molecule has 4 heteroatoms. The summed E-state index contributed by atoms with van der Waals surface area (Å²) in [6.07, 6.45) is 4.80. The monoisotopic (exact) mass is 252 g/mol. The molecule has 1 aromatic heterocycles. The third kappa shape index (κ3) is 1.70. The average molecular weight is 253 g/mol. The Morgan fingerprint density at radius 1 is 1.50 bits per heavy atom. The predicted octanol–water partition coefficient (Wildman–Crippen LogP) is 0.727. The molecule has 0 atom stereocenters. The number of amides is 1. The van der Waals surface area contributed by atoms with Crippen LogP contribution in [0.4, 0.5) is 5.82 Å². The Labute approximate surface area is 89.7 Å². The smallest absolute Gasteiger partial charge is 0.212 e. The Kier molecular flexibility index (Phi) is 2.63. The molecular weight excluding hydrogens is 244 g/mol. The summed E-state index contributed by atoms with van der Waals surface area (Å²) in [7, 11) is 0. The van der Waals surface area contributed by atoms with Gasteiger partial charge in [0.1, 0.15) is 5.82 Å². The number of fused-ring (bicyclic) bond motifs is 1. The lowest BCUT2D eigenvalue weighted by molar-refractivity contribution is -0.105. The van der Waals surface area contributed by atoms with Crippen molar-refractivity contribution in [2.45, 2.75) is 12.8 Å². The molecule has 3 nitrogen and oxygen atoms in total. The zero-order valence-corrected chi connectivity index (χ0v) is 9.04. The van der Waals surface area contributed by atoms with Crippen LogP contribution in [0.3, 0.4) is 0 Å². The van der Waals surface area contributed by atoms with E-state index in [1.807, 2.05) is 6.07 Å². The number of halogens is 1. The highest BCUT2D eigenvalue weighted by Gasteiger charge is 2.03. The molecule has 1 heterocycles. The Balaban J connectivity index is 2.63. The van der Waals surface area contributed by atoms with Crippen molar-refractivity contribution in [2.75, 3.05) is 5.32 Å². The van der Waals surface area contributed by atoms with Gasteiger partial charge in [0.2, 0.25) is 6.41 Å². The zero-order chi connectivity index (χ0) is 9.97. The number of pyridine rings is 1. The van der Waals surface area contributed by atoms with E-state index in [0.717, 1.165) is 27.9 Å². The van der Waals surface area contributed by atoms with Gasteiger partial charge in [-0.2, -0.15) is 0 Å². The minimum atomic E-state index is 0.589. The van der Waals surface area contributed by atoms with Gasteiger partial charge in [-0.1, -0.05) is 22.0 Å². The number of aromatic nitrogens is 1. The second kappa shape index (κ2) is 3.92. The molecule has 0 aliphatic heterocycles. The third-order valence-electron chi connectivity index (χ3n) is 2.12. The maximum absolute atomic E-state index is 10.2. The summed E-state index contributed by atoms with van der Waals surface area (Å²) in [5, 5.41) is 4.60. The predicted molar refractivity (Wildman–Crippen MR) is 59.2 cm³/mol. The van der Waals surface area contributed by atoms with Crippen LogP contribution in [0.15, 0.2) is 12.1 Å². The fourth-order valence-electron chi connectivity index (χ4n) is 1.47. The van der Waals surface area contributed by atoms with Gasteiger partial charge in [-0.3, -0.25) is 4.79 Å². The van der Waals surface area contributed by atoms with E-state index in [2.05, 4.69) is 32.3 Å². The highest BCUT2D eigenvalue weighted by Crippen LogP contribution is 2.14. The van der Waals surface area contributed by atoms with E-state index in [4.69, 9.17) is 0 Å². The van der Waals surface area contributed by atoms with Gasteiger partial charge in [-0.25, -0.2) is 4.98 Å². The van der Waals surface area contributed by atoms with E-state index >= 15 is 0 Å². The molecule has 0 unspecified atom stereocenters. The van der Waals surface area contributed by atoms with Crippen molar-refractivity contribution < 1.29 is 4.79 Å². The Morgan fingerprint density at radius 3 is 3.14 bits per heavy atom. The quantitative estimate of drug-likeness (QED) is 0.789. The van der Waals surface area contributed by atoms with Crippen molar-refractivity contribution in [3.63, 3.8) is 0 Å². The molecule has 0 radical (unpaired) electrons. The van der Waals surface area contributed by atoms with Crippen LogP contribution in [0.5, 0.6) is 0 Å². The van der Waals surface area contributed by atoms with Crippen molar-refractivity contribution in [1.29, 1.82) is 0 Å². The molecule has 0 spiro atoms. The maximum Gasteiger partial charge on any atom is 0.212 e.